The van der Waals surface area contributed by atoms with Crippen molar-refractivity contribution in [3.05, 3.63) is 70.3 Å². The van der Waals surface area contributed by atoms with Gasteiger partial charge in [0.2, 0.25) is 10.0 Å². The third-order valence-corrected chi connectivity index (χ3v) is 4.56. The quantitative estimate of drug-likeness (QED) is 0.571. The largest absolute Gasteiger partial charge is 0.351 e. The van der Waals surface area contributed by atoms with Crippen molar-refractivity contribution in [1.29, 1.82) is 0 Å². The van der Waals surface area contributed by atoms with Crippen molar-refractivity contribution in [2.24, 2.45) is 0 Å². The van der Waals surface area contributed by atoms with E-state index in [4.69, 9.17) is 0 Å². The first-order valence-electron chi connectivity index (χ1n) is 8.13. The molecule has 0 aliphatic rings. The second-order valence-electron chi connectivity index (χ2n) is 6.12. The zero-order valence-electron chi connectivity index (χ0n) is 15.0. The van der Waals surface area contributed by atoms with Gasteiger partial charge in [0.15, 0.2) is 5.78 Å². The first-order chi connectivity index (χ1) is 12.2. The number of carbonyl (C=O) groups is 2. The van der Waals surface area contributed by atoms with E-state index in [0.717, 1.165) is 17.4 Å². The smallest absolute Gasteiger partial charge is 0.252 e. The Hall–Kier alpha value is -2.51. The average Bonchev–Trinajstić information content (AvgIpc) is 2.59. The molecule has 0 unspecified atom stereocenters. The van der Waals surface area contributed by atoms with Crippen LogP contribution in [0.4, 0.5) is 0 Å². The molecule has 0 bridgehead atoms. The van der Waals surface area contributed by atoms with Gasteiger partial charge in [0.25, 0.3) is 5.91 Å². The molecule has 0 aliphatic carbocycles. The van der Waals surface area contributed by atoms with E-state index in [0.29, 0.717) is 11.1 Å². The lowest BCUT2D eigenvalue weighted by Crippen LogP contribution is -2.34. The van der Waals surface area contributed by atoms with Crippen molar-refractivity contribution < 1.29 is 18.0 Å². The molecule has 0 atom stereocenters. The van der Waals surface area contributed by atoms with Gasteiger partial charge >= 0.3 is 0 Å². The monoisotopic (exact) mass is 374 g/mol. The molecule has 0 saturated heterocycles. The molecule has 138 valence electrons. The van der Waals surface area contributed by atoms with Gasteiger partial charge in [-0.2, -0.15) is 0 Å². The molecule has 6 nitrogen and oxygen atoms in total. The summed E-state index contributed by atoms with van der Waals surface area (Å²) in [6.07, 6.45) is 1.05. The number of hydrogen-bond donors (Lipinski definition) is 2. The van der Waals surface area contributed by atoms with Gasteiger partial charge in [-0.3, -0.25) is 9.59 Å². The zero-order chi connectivity index (χ0) is 19.3. The third kappa shape index (κ3) is 5.24. The molecule has 0 heterocycles. The molecule has 7 heteroatoms. The molecule has 2 aromatic carbocycles. The summed E-state index contributed by atoms with van der Waals surface area (Å²) in [6, 6.07) is 12.2. The molecular formula is C19H22N2O4S. The van der Waals surface area contributed by atoms with E-state index in [1.165, 1.54) is 0 Å². The van der Waals surface area contributed by atoms with Crippen LogP contribution < -0.4 is 10.0 Å². The summed E-state index contributed by atoms with van der Waals surface area (Å²) in [6.45, 7) is 3.96. The van der Waals surface area contributed by atoms with Crippen LogP contribution in [0.1, 0.15) is 37.4 Å². The molecule has 2 rings (SSSR count). The van der Waals surface area contributed by atoms with Crippen molar-refractivity contribution in [2.45, 2.75) is 13.8 Å². The van der Waals surface area contributed by atoms with Crippen LogP contribution in [0.2, 0.25) is 0 Å². The molecular weight excluding hydrogens is 352 g/mol. The molecule has 2 aromatic rings. The molecule has 0 fully saturated rings. The van der Waals surface area contributed by atoms with Gasteiger partial charge in [0.1, 0.15) is 0 Å². The van der Waals surface area contributed by atoms with Crippen LogP contribution >= 0.6 is 0 Å². The Balaban J connectivity index is 2.20. The summed E-state index contributed by atoms with van der Waals surface area (Å²) in [5, 5.41) is 2.63. The van der Waals surface area contributed by atoms with Gasteiger partial charge in [-0.05, 0) is 31.5 Å². The van der Waals surface area contributed by atoms with Crippen LogP contribution in [-0.4, -0.2) is 39.5 Å². The fourth-order valence-electron chi connectivity index (χ4n) is 2.51. The second-order valence-corrected chi connectivity index (χ2v) is 7.95. The van der Waals surface area contributed by atoms with Crippen molar-refractivity contribution in [3.63, 3.8) is 0 Å². The highest BCUT2D eigenvalue weighted by atomic mass is 32.2. The Labute approximate surface area is 153 Å². The lowest BCUT2D eigenvalue weighted by molar-refractivity contribution is 0.0942. The summed E-state index contributed by atoms with van der Waals surface area (Å²) >= 11 is 0. The van der Waals surface area contributed by atoms with Crippen LogP contribution in [0.3, 0.4) is 0 Å². The fourth-order valence-corrected chi connectivity index (χ4v) is 2.99. The van der Waals surface area contributed by atoms with Gasteiger partial charge in [0, 0.05) is 24.2 Å². The van der Waals surface area contributed by atoms with Crippen LogP contribution in [0.15, 0.2) is 42.5 Å². The highest BCUT2D eigenvalue weighted by Gasteiger charge is 2.19. The fraction of sp³-hybridized carbons (Fsp3) is 0.263. The number of benzene rings is 2. The first kappa shape index (κ1) is 19.8. The van der Waals surface area contributed by atoms with E-state index in [9.17, 15) is 18.0 Å². The van der Waals surface area contributed by atoms with Crippen LogP contribution in [-0.2, 0) is 10.0 Å². The SMILES string of the molecule is Cc1ccc(C)c(C(=O)c2ccccc2C(=O)NCCNS(C)(=O)=O)c1. The highest BCUT2D eigenvalue weighted by Crippen LogP contribution is 2.19. The van der Waals surface area contributed by atoms with E-state index >= 15 is 0 Å². The Morgan fingerprint density at radius 2 is 1.58 bits per heavy atom. The predicted octanol–water partition coefficient (Wildman–Crippen LogP) is 1.81. The van der Waals surface area contributed by atoms with Crippen molar-refractivity contribution in [2.75, 3.05) is 19.3 Å². The minimum atomic E-state index is -3.31. The number of amides is 1. The van der Waals surface area contributed by atoms with Crippen LogP contribution in [0.25, 0.3) is 0 Å². The maximum Gasteiger partial charge on any atom is 0.252 e. The van der Waals surface area contributed by atoms with E-state index in [-0.39, 0.29) is 24.4 Å². The Morgan fingerprint density at radius 1 is 0.923 bits per heavy atom. The zero-order valence-corrected chi connectivity index (χ0v) is 15.8. The third-order valence-electron chi connectivity index (χ3n) is 3.83. The lowest BCUT2D eigenvalue weighted by Gasteiger charge is -2.11. The number of ketones is 1. The van der Waals surface area contributed by atoms with E-state index in [1.807, 2.05) is 32.0 Å². The normalized spacial score (nSPS) is 11.2. The molecule has 0 aromatic heterocycles. The van der Waals surface area contributed by atoms with Crippen LogP contribution in [0, 0.1) is 13.8 Å². The van der Waals surface area contributed by atoms with Gasteiger partial charge in [-0.25, -0.2) is 13.1 Å². The summed E-state index contributed by atoms with van der Waals surface area (Å²) in [7, 11) is -3.31. The molecule has 1 amide bonds. The Bertz CT molecular complexity index is 936. The number of carbonyl (C=O) groups excluding carboxylic acids is 2. The average molecular weight is 374 g/mol. The number of aryl methyl sites for hydroxylation is 2. The topological polar surface area (TPSA) is 92.3 Å². The summed E-state index contributed by atoms with van der Waals surface area (Å²) in [5.74, 6) is -0.638. The number of sulfonamides is 1. The van der Waals surface area contributed by atoms with E-state index in [2.05, 4.69) is 10.0 Å². The molecule has 2 N–H and O–H groups in total. The molecule has 0 spiro atoms. The van der Waals surface area contributed by atoms with Gasteiger partial charge < -0.3 is 5.32 Å². The maximum atomic E-state index is 12.9. The molecule has 26 heavy (non-hydrogen) atoms. The van der Waals surface area contributed by atoms with Gasteiger partial charge in [-0.15, -0.1) is 0 Å². The van der Waals surface area contributed by atoms with Crippen LogP contribution in [0.5, 0.6) is 0 Å². The minimum absolute atomic E-state index is 0.0810. The summed E-state index contributed by atoms with van der Waals surface area (Å²) in [4.78, 5) is 25.4. The first-order valence-corrected chi connectivity index (χ1v) is 10.0. The second kappa shape index (κ2) is 8.25. The number of rotatable bonds is 7. The molecule has 0 aliphatic heterocycles. The highest BCUT2D eigenvalue weighted by molar-refractivity contribution is 7.88. The maximum absolute atomic E-state index is 12.9. The molecule has 0 radical (unpaired) electrons. The standard InChI is InChI=1S/C19H22N2O4S/c1-13-8-9-14(2)17(12-13)18(22)15-6-4-5-7-16(15)19(23)20-10-11-21-26(3,24)25/h4-9,12,21H,10-11H2,1-3H3,(H,20,23). The van der Waals surface area contributed by atoms with Crippen molar-refractivity contribution >= 4 is 21.7 Å². The summed E-state index contributed by atoms with van der Waals surface area (Å²) in [5.41, 5.74) is 2.94. The van der Waals surface area contributed by atoms with E-state index < -0.39 is 15.9 Å². The van der Waals surface area contributed by atoms with Crippen molar-refractivity contribution in [1.82, 2.24) is 10.0 Å². The van der Waals surface area contributed by atoms with Gasteiger partial charge in [-0.1, -0.05) is 35.9 Å². The number of hydrogen-bond acceptors (Lipinski definition) is 4. The minimum Gasteiger partial charge on any atom is -0.351 e. The molecule has 0 saturated carbocycles. The predicted molar refractivity (Wildman–Crippen MR) is 101 cm³/mol. The number of nitrogens with one attached hydrogen (secondary N) is 2. The lowest BCUT2D eigenvalue weighted by atomic mass is 9.94. The van der Waals surface area contributed by atoms with Gasteiger partial charge in [0.05, 0.1) is 11.8 Å². The van der Waals surface area contributed by atoms with E-state index in [1.54, 1.807) is 24.3 Å². The van der Waals surface area contributed by atoms with Crippen molar-refractivity contribution in [3.8, 4) is 0 Å². The Kier molecular flexibility index (Phi) is 6.28. The summed E-state index contributed by atoms with van der Waals surface area (Å²) < 4.78 is 24.4. The Morgan fingerprint density at radius 3 is 2.23 bits per heavy atom.